The Labute approximate surface area is 167 Å². The molecule has 0 bridgehead atoms. The SMILES string of the molecule is COc1cc(N2CCN(S(=O)(=O)c3ccc(Cl)c(Cl)c3)CC2)nc(OC)n1. The van der Waals surface area contributed by atoms with Crippen LogP contribution in [-0.4, -0.2) is 63.1 Å². The first-order valence-corrected chi connectivity index (χ1v) is 10.2. The van der Waals surface area contributed by atoms with Crippen LogP contribution in [0.2, 0.25) is 10.0 Å². The fraction of sp³-hybridized carbons (Fsp3) is 0.375. The van der Waals surface area contributed by atoms with Crippen LogP contribution in [0.5, 0.6) is 11.9 Å². The van der Waals surface area contributed by atoms with Crippen molar-refractivity contribution in [2.24, 2.45) is 0 Å². The molecule has 0 amide bonds. The predicted octanol–water partition coefficient (Wildman–Crippen LogP) is 2.31. The van der Waals surface area contributed by atoms with E-state index in [1.165, 1.54) is 36.7 Å². The lowest BCUT2D eigenvalue weighted by Gasteiger charge is -2.34. The topological polar surface area (TPSA) is 84.9 Å². The molecule has 2 heterocycles. The monoisotopic (exact) mass is 432 g/mol. The van der Waals surface area contributed by atoms with Gasteiger partial charge in [0.2, 0.25) is 15.9 Å². The van der Waals surface area contributed by atoms with E-state index < -0.39 is 10.0 Å². The minimum Gasteiger partial charge on any atom is -0.481 e. The van der Waals surface area contributed by atoms with Crippen LogP contribution in [0, 0.1) is 0 Å². The number of hydrogen-bond acceptors (Lipinski definition) is 7. The van der Waals surface area contributed by atoms with Crippen LogP contribution in [0.25, 0.3) is 0 Å². The maximum atomic E-state index is 12.8. The van der Waals surface area contributed by atoms with E-state index >= 15 is 0 Å². The van der Waals surface area contributed by atoms with Crippen molar-refractivity contribution in [1.29, 1.82) is 0 Å². The Morgan fingerprint density at radius 2 is 1.67 bits per heavy atom. The van der Waals surface area contributed by atoms with Crippen molar-refractivity contribution in [3.05, 3.63) is 34.3 Å². The number of nitrogens with zero attached hydrogens (tertiary/aromatic N) is 4. The third-order valence-electron chi connectivity index (χ3n) is 4.15. The first kappa shape index (κ1) is 19.9. The molecule has 1 aliphatic rings. The van der Waals surface area contributed by atoms with Gasteiger partial charge in [-0.2, -0.15) is 14.3 Å². The number of rotatable bonds is 5. The first-order chi connectivity index (χ1) is 12.8. The van der Waals surface area contributed by atoms with Gasteiger partial charge in [0.05, 0.1) is 29.2 Å². The first-order valence-electron chi connectivity index (χ1n) is 8.02. The molecule has 2 aromatic rings. The highest BCUT2D eigenvalue weighted by atomic mass is 35.5. The molecule has 0 spiro atoms. The summed E-state index contributed by atoms with van der Waals surface area (Å²) in [5.41, 5.74) is 0. The number of benzene rings is 1. The molecule has 146 valence electrons. The van der Waals surface area contributed by atoms with Crippen LogP contribution in [0.1, 0.15) is 0 Å². The lowest BCUT2D eigenvalue weighted by atomic mass is 10.3. The van der Waals surface area contributed by atoms with E-state index in [-0.39, 0.29) is 15.9 Å². The van der Waals surface area contributed by atoms with Crippen LogP contribution in [-0.2, 0) is 10.0 Å². The van der Waals surface area contributed by atoms with Gasteiger partial charge in [0.15, 0.2) is 0 Å². The van der Waals surface area contributed by atoms with Gasteiger partial charge in [-0.25, -0.2) is 8.42 Å². The van der Waals surface area contributed by atoms with E-state index in [0.717, 1.165) is 0 Å². The third-order valence-corrected chi connectivity index (χ3v) is 6.79. The summed E-state index contributed by atoms with van der Waals surface area (Å²) in [6, 6.07) is 6.18. The van der Waals surface area contributed by atoms with E-state index in [1.807, 2.05) is 4.90 Å². The second kappa shape index (κ2) is 8.05. The number of ether oxygens (including phenoxy) is 2. The Hall–Kier alpha value is -1.81. The lowest BCUT2D eigenvalue weighted by molar-refractivity contribution is 0.349. The summed E-state index contributed by atoms with van der Waals surface area (Å²) in [5, 5.41) is 0.517. The van der Waals surface area contributed by atoms with E-state index in [2.05, 4.69) is 9.97 Å². The quantitative estimate of drug-likeness (QED) is 0.716. The molecule has 0 atom stereocenters. The summed E-state index contributed by atoms with van der Waals surface area (Å²) in [4.78, 5) is 10.4. The minimum absolute atomic E-state index is 0.121. The van der Waals surface area contributed by atoms with Crippen molar-refractivity contribution in [3.8, 4) is 11.9 Å². The molecule has 1 aromatic heterocycles. The largest absolute Gasteiger partial charge is 0.481 e. The van der Waals surface area contributed by atoms with Crippen molar-refractivity contribution >= 4 is 39.0 Å². The van der Waals surface area contributed by atoms with Gasteiger partial charge in [-0.15, -0.1) is 0 Å². The van der Waals surface area contributed by atoms with Gasteiger partial charge in [0.1, 0.15) is 5.82 Å². The van der Waals surface area contributed by atoms with Crippen LogP contribution in [0.3, 0.4) is 0 Å². The van der Waals surface area contributed by atoms with Gasteiger partial charge in [-0.05, 0) is 18.2 Å². The number of anilines is 1. The van der Waals surface area contributed by atoms with E-state index in [0.29, 0.717) is 42.9 Å². The highest BCUT2D eigenvalue weighted by molar-refractivity contribution is 7.89. The molecule has 1 fully saturated rings. The molecule has 0 unspecified atom stereocenters. The smallest absolute Gasteiger partial charge is 0.321 e. The fourth-order valence-electron chi connectivity index (χ4n) is 2.69. The number of aromatic nitrogens is 2. The van der Waals surface area contributed by atoms with Gasteiger partial charge in [0.25, 0.3) is 0 Å². The second-order valence-electron chi connectivity index (χ2n) is 5.72. The summed E-state index contributed by atoms with van der Waals surface area (Å²) in [6.45, 7) is 1.53. The van der Waals surface area contributed by atoms with Crippen molar-refractivity contribution in [1.82, 2.24) is 14.3 Å². The summed E-state index contributed by atoms with van der Waals surface area (Å²) < 4.78 is 37.3. The standard InChI is InChI=1S/C16H18Cl2N4O4S/c1-25-15-10-14(19-16(20-15)26-2)21-5-7-22(8-6-21)27(23,24)11-3-4-12(17)13(18)9-11/h3-4,9-10H,5-8H2,1-2H3. The molecule has 0 N–H and O–H groups in total. The lowest BCUT2D eigenvalue weighted by Crippen LogP contribution is -2.48. The summed E-state index contributed by atoms with van der Waals surface area (Å²) in [7, 11) is -0.671. The molecule has 1 aliphatic heterocycles. The van der Waals surface area contributed by atoms with Crippen molar-refractivity contribution in [2.75, 3.05) is 45.3 Å². The zero-order valence-electron chi connectivity index (χ0n) is 14.7. The van der Waals surface area contributed by atoms with Gasteiger partial charge in [-0.1, -0.05) is 23.2 Å². The molecule has 0 saturated carbocycles. The number of sulfonamides is 1. The van der Waals surface area contributed by atoms with E-state index in [4.69, 9.17) is 32.7 Å². The molecule has 0 aliphatic carbocycles. The number of hydrogen-bond donors (Lipinski definition) is 0. The zero-order valence-corrected chi connectivity index (χ0v) is 17.1. The fourth-order valence-corrected chi connectivity index (χ4v) is 4.51. The Bertz CT molecular complexity index is 912. The molecule has 11 heteroatoms. The Morgan fingerprint density at radius 1 is 0.963 bits per heavy atom. The molecule has 3 rings (SSSR count). The zero-order chi connectivity index (χ0) is 19.6. The molecule has 27 heavy (non-hydrogen) atoms. The van der Waals surface area contributed by atoms with Gasteiger partial charge < -0.3 is 14.4 Å². The molecule has 1 saturated heterocycles. The predicted molar refractivity (Wildman–Crippen MR) is 103 cm³/mol. The van der Waals surface area contributed by atoms with Crippen LogP contribution >= 0.6 is 23.2 Å². The number of piperazine rings is 1. The van der Waals surface area contributed by atoms with Gasteiger partial charge in [-0.3, -0.25) is 0 Å². The maximum absolute atomic E-state index is 12.8. The average Bonchev–Trinajstić information content (AvgIpc) is 2.69. The summed E-state index contributed by atoms with van der Waals surface area (Å²) >= 11 is 11.8. The molecule has 1 aromatic carbocycles. The van der Waals surface area contributed by atoms with Crippen molar-refractivity contribution < 1.29 is 17.9 Å². The van der Waals surface area contributed by atoms with Crippen LogP contribution < -0.4 is 14.4 Å². The molecule has 0 radical (unpaired) electrons. The Kier molecular flexibility index (Phi) is 5.95. The summed E-state index contributed by atoms with van der Waals surface area (Å²) in [6.07, 6.45) is 0. The second-order valence-corrected chi connectivity index (χ2v) is 8.47. The van der Waals surface area contributed by atoms with Crippen LogP contribution in [0.4, 0.5) is 5.82 Å². The van der Waals surface area contributed by atoms with E-state index in [9.17, 15) is 8.42 Å². The van der Waals surface area contributed by atoms with Gasteiger partial charge >= 0.3 is 6.01 Å². The summed E-state index contributed by atoms with van der Waals surface area (Å²) in [5.74, 6) is 0.994. The highest BCUT2D eigenvalue weighted by Gasteiger charge is 2.29. The Balaban J connectivity index is 1.76. The van der Waals surface area contributed by atoms with Crippen molar-refractivity contribution in [2.45, 2.75) is 4.90 Å². The number of methoxy groups -OCH3 is 2. The minimum atomic E-state index is -3.65. The van der Waals surface area contributed by atoms with Crippen molar-refractivity contribution in [3.63, 3.8) is 0 Å². The maximum Gasteiger partial charge on any atom is 0.321 e. The average molecular weight is 433 g/mol. The van der Waals surface area contributed by atoms with Crippen LogP contribution in [0.15, 0.2) is 29.2 Å². The highest BCUT2D eigenvalue weighted by Crippen LogP contribution is 2.28. The normalized spacial score (nSPS) is 15.6. The third kappa shape index (κ3) is 4.21. The number of halogens is 2. The molecular formula is C16H18Cl2N4O4S. The molecule has 8 nitrogen and oxygen atoms in total. The molecular weight excluding hydrogens is 415 g/mol. The van der Waals surface area contributed by atoms with E-state index in [1.54, 1.807) is 6.07 Å². The van der Waals surface area contributed by atoms with Gasteiger partial charge in [0, 0.05) is 32.2 Å². The Morgan fingerprint density at radius 3 is 2.26 bits per heavy atom.